The van der Waals surface area contributed by atoms with Gasteiger partial charge in [0, 0.05) is 0 Å². The summed E-state index contributed by atoms with van der Waals surface area (Å²) in [7, 11) is -4.81. The Morgan fingerprint density at radius 3 is 1.29 bits per heavy atom. The van der Waals surface area contributed by atoms with Crippen LogP contribution in [0.5, 0.6) is 0 Å². The minimum absolute atomic E-state index is 0. The fourth-order valence-electron chi connectivity index (χ4n) is 5.52. The van der Waals surface area contributed by atoms with Gasteiger partial charge in [0.1, 0.15) is 10.1 Å². The molecular formula is C40H65NaO7S. The van der Waals surface area contributed by atoms with E-state index in [-0.39, 0.29) is 53.9 Å². The molecule has 1 aromatic carbocycles. The first kappa shape index (κ1) is 47.5. The van der Waals surface area contributed by atoms with Crippen molar-refractivity contribution in [2.45, 2.75) is 173 Å². The summed E-state index contributed by atoms with van der Waals surface area (Å²) in [5.74, 6) is -1.56. The number of benzene rings is 1. The molecule has 0 saturated heterocycles. The fourth-order valence-corrected chi connectivity index (χ4v) is 6.02. The third-order valence-electron chi connectivity index (χ3n) is 8.46. The average Bonchev–Trinajstić information content (AvgIpc) is 3.07. The number of carbonyl (C=O) groups excluding carboxylic acids is 2. The van der Waals surface area contributed by atoms with Crippen molar-refractivity contribution < 1.29 is 61.6 Å². The van der Waals surface area contributed by atoms with E-state index >= 15 is 0 Å². The Kier molecular flexibility index (Phi) is 31.5. The van der Waals surface area contributed by atoms with Crippen molar-refractivity contribution in [1.29, 1.82) is 0 Å². The summed E-state index contributed by atoms with van der Waals surface area (Å²) >= 11 is 0. The topological polar surface area (TPSA) is 110 Å². The molecule has 0 fully saturated rings. The van der Waals surface area contributed by atoms with Crippen LogP contribution in [-0.4, -0.2) is 38.1 Å². The van der Waals surface area contributed by atoms with E-state index in [1.807, 2.05) is 0 Å². The zero-order chi connectivity index (χ0) is 35.1. The van der Waals surface area contributed by atoms with Gasteiger partial charge in [-0.3, -0.25) is 0 Å². The molecule has 0 aliphatic carbocycles. The number of carbonyl (C=O) groups is 2. The first-order valence-electron chi connectivity index (χ1n) is 19.0. The zero-order valence-corrected chi connectivity index (χ0v) is 34.0. The van der Waals surface area contributed by atoms with Gasteiger partial charge in [0.15, 0.2) is 0 Å². The van der Waals surface area contributed by atoms with E-state index in [0.717, 1.165) is 56.7 Å². The van der Waals surface area contributed by atoms with E-state index in [1.165, 1.54) is 103 Å². The predicted octanol–water partition coefficient (Wildman–Crippen LogP) is 8.42. The van der Waals surface area contributed by atoms with E-state index in [2.05, 4.69) is 38.2 Å². The SMILES string of the molecule is CCC/C=C/CCCCCCCCCCCOC(=O)c1ccc(S(=O)(=O)[O-])cc1C(=O)OCCCCCCCCCCC/C=C/CCC.[Na+]. The molecule has 7 nitrogen and oxygen atoms in total. The Bertz CT molecular complexity index is 1150. The van der Waals surface area contributed by atoms with Gasteiger partial charge in [-0.2, -0.15) is 0 Å². The summed E-state index contributed by atoms with van der Waals surface area (Å²) in [6.07, 6.45) is 36.4. The average molecular weight is 713 g/mol. The van der Waals surface area contributed by atoms with E-state index in [0.29, 0.717) is 12.8 Å². The number of hydrogen-bond acceptors (Lipinski definition) is 7. The van der Waals surface area contributed by atoms with Gasteiger partial charge in [0.2, 0.25) is 0 Å². The molecule has 1 aromatic rings. The van der Waals surface area contributed by atoms with Crippen LogP contribution in [0, 0.1) is 0 Å². The molecule has 0 bridgehead atoms. The summed E-state index contributed by atoms with van der Waals surface area (Å²) in [6.45, 7) is 4.75. The van der Waals surface area contributed by atoms with Crippen molar-refractivity contribution in [3.8, 4) is 0 Å². The molecule has 49 heavy (non-hydrogen) atoms. The first-order valence-corrected chi connectivity index (χ1v) is 20.5. The summed E-state index contributed by atoms with van der Waals surface area (Å²) in [6, 6.07) is 3.11. The minimum Gasteiger partial charge on any atom is -0.744 e. The summed E-state index contributed by atoms with van der Waals surface area (Å²) < 4.78 is 45.6. The molecule has 9 heteroatoms. The number of unbranched alkanes of at least 4 members (excludes halogenated alkanes) is 20. The van der Waals surface area contributed by atoms with Crippen LogP contribution in [0.25, 0.3) is 0 Å². The summed E-state index contributed by atoms with van der Waals surface area (Å²) in [4.78, 5) is 25.1. The maximum absolute atomic E-state index is 12.9. The second kappa shape index (κ2) is 32.5. The quantitative estimate of drug-likeness (QED) is 0.0250. The number of hydrogen-bond donors (Lipinski definition) is 0. The third-order valence-corrected chi connectivity index (χ3v) is 9.29. The first-order chi connectivity index (χ1) is 23.3. The Hall–Kier alpha value is -1.45. The Labute approximate surface area is 321 Å². The van der Waals surface area contributed by atoms with Crippen molar-refractivity contribution in [3.63, 3.8) is 0 Å². The van der Waals surface area contributed by atoms with Crippen LogP contribution in [0.2, 0.25) is 0 Å². The standard InChI is InChI=1S/C40H66O7S.Na/c1-3-5-7-9-11-13-15-17-19-21-23-25-27-29-33-46-39(41)37-32-31-36(48(43,44)45)35-38(37)40(42)47-34-30-28-26-24-22-20-18-16-14-12-10-8-6-4-2;/h7-10,31-32,35H,3-6,11-30,33-34H2,1-2H3,(H,43,44,45);/q;+1/p-1/b9-7+,10-8+;. The molecule has 0 unspecified atom stereocenters. The molecular weight excluding hydrogens is 647 g/mol. The van der Waals surface area contributed by atoms with Crippen LogP contribution in [-0.2, 0) is 19.6 Å². The van der Waals surface area contributed by atoms with Crippen molar-refractivity contribution in [3.05, 3.63) is 53.6 Å². The van der Waals surface area contributed by atoms with E-state index < -0.39 is 27.0 Å². The molecule has 0 saturated carbocycles. The number of rotatable bonds is 31. The van der Waals surface area contributed by atoms with E-state index in [1.54, 1.807) is 0 Å². The van der Waals surface area contributed by atoms with E-state index in [9.17, 15) is 22.6 Å². The Morgan fingerprint density at radius 1 is 0.551 bits per heavy atom. The van der Waals surface area contributed by atoms with Crippen LogP contribution in [0.1, 0.15) is 189 Å². The van der Waals surface area contributed by atoms with Crippen molar-refractivity contribution >= 4 is 22.1 Å². The second-order valence-corrected chi connectivity index (χ2v) is 14.3. The fraction of sp³-hybridized carbons (Fsp3) is 0.700. The third kappa shape index (κ3) is 26.1. The predicted molar refractivity (Wildman–Crippen MR) is 195 cm³/mol. The van der Waals surface area contributed by atoms with Gasteiger partial charge in [-0.1, -0.05) is 141 Å². The molecule has 274 valence electrons. The van der Waals surface area contributed by atoms with Gasteiger partial charge in [-0.05, 0) is 69.6 Å². The number of ether oxygens (including phenoxy) is 2. The molecule has 0 heterocycles. The number of allylic oxidation sites excluding steroid dienone is 4. The minimum atomic E-state index is -4.81. The molecule has 1 rings (SSSR count). The van der Waals surface area contributed by atoms with Crippen molar-refractivity contribution in [1.82, 2.24) is 0 Å². The second-order valence-electron chi connectivity index (χ2n) is 12.9. The van der Waals surface area contributed by atoms with Gasteiger partial charge in [-0.15, -0.1) is 0 Å². The Balaban J connectivity index is 0.0000230. The van der Waals surface area contributed by atoms with Crippen LogP contribution in [0.15, 0.2) is 47.4 Å². The van der Waals surface area contributed by atoms with Crippen molar-refractivity contribution in [2.75, 3.05) is 13.2 Å². The monoisotopic (exact) mass is 712 g/mol. The summed E-state index contributed by atoms with van der Waals surface area (Å²) in [5.41, 5.74) is -0.347. The zero-order valence-electron chi connectivity index (χ0n) is 31.2. The van der Waals surface area contributed by atoms with E-state index in [4.69, 9.17) is 9.47 Å². The Morgan fingerprint density at radius 2 is 0.898 bits per heavy atom. The van der Waals surface area contributed by atoms with Crippen LogP contribution in [0.3, 0.4) is 0 Å². The molecule has 0 aliphatic heterocycles. The van der Waals surface area contributed by atoms with Crippen LogP contribution in [0.4, 0.5) is 0 Å². The molecule has 0 spiro atoms. The van der Waals surface area contributed by atoms with Gasteiger partial charge >= 0.3 is 41.5 Å². The molecule has 0 radical (unpaired) electrons. The van der Waals surface area contributed by atoms with Gasteiger partial charge in [0.25, 0.3) is 0 Å². The maximum atomic E-state index is 12.9. The molecule has 0 amide bonds. The molecule has 0 aromatic heterocycles. The van der Waals surface area contributed by atoms with Crippen molar-refractivity contribution in [2.24, 2.45) is 0 Å². The van der Waals surface area contributed by atoms with Gasteiger partial charge in [-0.25, -0.2) is 18.0 Å². The van der Waals surface area contributed by atoms with Gasteiger partial charge < -0.3 is 14.0 Å². The smallest absolute Gasteiger partial charge is 0.744 e. The molecule has 0 N–H and O–H groups in total. The molecule has 0 atom stereocenters. The summed E-state index contributed by atoms with van der Waals surface area (Å²) in [5, 5.41) is 0. The van der Waals surface area contributed by atoms with Crippen LogP contribution >= 0.6 is 0 Å². The maximum Gasteiger partial charge on any atom is 1.00 e. The van der Waals surface area contributed by atoms with Crippen LogP contribution < -0.4 is 29.6 Å². The molecule has 0 aliphatic rings. The van der Waals surface area contributed by atoms with Gasteiger partial charge in [0.05, 0.1) is 29.2 Å². The largest absolute Gasteiger partial charge is 1.00 e. The number of esters is 2. The normalized spacial score (nSPS) is 11.7.